The maximum absolute atomic E-state index is 13.1. The van der Waals surface area contributed by atoms with Gasteiger partial charge in [-0.2, -0.15) is 0 Å². The van der Waals surface area contributed by atoms with Crippen LogP contribution in [0.4, 0.5) is 5.69 Å². The molecule has 0 aliphatic carbocycles. The Morgan fingerprint density at radius 2 is 1.76 bits per heavy atom. The van der Waals surface area contributed by atoms with Crippen molar-refractivity contribution in [1.82, 2.24) is 5.32 Å². The average Bonchev–Trinajstić information content (AvgIpc) is 2.67. The zero-order valence-corrected chi connectivity index (χ0v) is 18.0. The second kappa shape index (κ2) is 9.20. The second-order valence-electron chi connectivity index (χ2n) is 7.10. The number of nitrogens with zero attached hydrogens (tertiary/aromatic N) is 1. The number of carbonyl (C=O) groups excluding carboxylic acids is 1. The summed E-state index contributed by atoms with van der Waals surface area (Å²) in [6.07, 6.45) is 0. The number of esters is 1. The Bertz CT molecular complexity index is 955. The van der Waals surface area contributed by atoms with Crippen molar-refractivity contribution in [2.24, 2.45) is 0 Å². The predicted octanol–water partition coefficient (Wildman–Crippen LogP) is 4.20. The van der Waals surface area contributed by atoms with Crippen LogP contribution >= 0.6 is 12.2 Å². The Kier molecular flexibility index (Phi) is 6.67. The Balaban J connectivity index is 2.08. The number of carbonyl (C=O) groups is 1. The van der Waals surface area contributed by atoms with Gasteiger partial charge in [-0.05, 0) is 56.2 Å². The van der Waals surface area contributed by atoms with Crippen molar-refractivity contribution in [3.63, 3.8) is 0 Å². The molecular weight excluding hydrogens is 384 g/mol. The summed E-state index contributed by atoms with van der Waals surface area (Å²) in [5.41, 5.74) is 5.40. The third kappa shape index (κ3) is 4.66. The molecule has 0 aromatic heterocycles. The van der Waals surface area contributed by atoms with Gasteiger partial charge < -0.3 is 14.8 Å². The van der Waals surface area contributed by atoms with Gasteiger partial charge >= 0.3 is 5.97 Å². The van der Waals surface area contributed by atoms with E-state index in [1.54, 1.807) is 7.11 Å². The van der Waals surface area contributed by atoms with Gasteiger partial charge in [-0.15, -0.1) is 0 Å². The smallest absolute Gasteiger partial charge is 0.338 e. The number of rotatable bonds is 6. The van der Waals surface area contributed by atoms with Crippen LogP contribution in [0, 0.1) is 13.8 Å². The minimum absolute atomic E-state index is 0.196. The number of aryl methyl sites for hydroxylation is 2. The summed E-state index contributed by atoms with van der Waals surface area (Å²) >= 11 is 5.69. The normalized spacial score (nSPS) is 16.6. The monoisotopic (exact) mass is 410 g/mol. The Morgan fingerprint density at radius 3 is 2.41 bits per heavy atom. The standard InChI is InChI=1S/C23H26N2O3S/c1-15-7-5-9-18(13-15)21-20(22(26)28-12-11-27-4)17(3)25(23(29)24-21)19-10-6-8-16(2)14-19/h5-10,13-14,21H,11-12H2,1-4H3,(H,24,29)/t21-/m1/s1. The molecule has 0 saturated carbocycles. The van der Waals surface area contributed by atoms with Crippen LogP contribution < -0.4 is 10.2 Å². The second-order valence-corrected chi connectivity index (χ2v) is 7.49. The Morgan fingerprint density at radius 1 is 1.07 bits per heavy atom. The van der Waals surface area contributed by atoms with Crippen molar-refractivity contribution in [2.45, 2.75) is 26.8 Å². The van der Waals surface area contributed by atoms with Gasteiger partial charge in [0.2, 0.25) is 0 Å². The maximum Gasteiger partial charge on any atom is 0.338 e. The summed E-state index contributed by atoms with van der Waals surface area (Å²) in [5, 5.41) is 3.90. The van der Waals surface area contributed by atoms with Crippen molar-refractivity contribution in [3.05, 3.63) is 76.5 Å². The summed E-state index contributed by atoms with van der Waals surface area (Å²) in [6, 6.07) is 15.7. The zero-order chi connectivity index (χ0) is 21.0. The molecule has 152 valence electrons. The number of methoxy groups -OCH3 is 1. The molecule has 0 saturated heterocycles. The van der Waals surface area contributed by atoms with Crippen LogP contribution in [0.2, 0.25) is 0 Å². The highest BCUT2D eigenvalue weighted by atomic mass is 32.1. The lowest BCUT2D eigenvalue weighted by molar-refractivity contribution is -0.140. The molecule has 1 atom stereocenters. The number of ether oxygens (including phenoxy) is 2. The number of hydrogen-bond acceptors (Lipinski definition) is 4. The Hall–Kier alpha value is -2.70. The van der Waals surface area contributed by atoms with Gasteiger partial charge in [-0.25, -0.2) is 4.79 Å². The van der Waals surface area contributed by atoms with E-state index < -0.39 is 0 Å². The van der Waals surface area contributed by atoms with Crippen molar-refractivity contribution >= 4 is 29.0 Å². The molecule has 6 heteroatoms. The van der Waals surface area contributed by atoms with Gasteiger partial charge in [0, 0.05) is 18.5 Å². The van der Waals surface area contributed by atoms with E-state index in [1.807, 2.05) is 68.1 Å². The van der Waals surface area contributed by atoms with Crippen molar-refractivity contribution in [3.8, 4) is 0 Å². The van der Waals surface area contributed by atoms with Gasteiger partial charge in [0.25, 0.3) is 0 Å². The summed E-state index contributed by atoms with van der Waals surface area (Å²) < 4.78 is 10.5. The fourth-order valence-corrected chi connectivity index (χ4v) is 3.84. The van der Waals surface area contributed by atoms with E-state index in [1.165, 1.54) is 0 Å². The molecule has 1 aliphatic rings. The van der Waals surface area contributed by atoms with Crippen molar-refractivity contribution in [1.29, 1.82) is 0 Å². The van der Waals surface area contributed by atoms with E-state index in [0.29, 0.717) is 17.3 Å². The topological polar surface area (TPSA) is 50.8 Å². The molecule has 1 aliphatic heterocycles. The Labute approximate surface area is 177 Å². The first-order chi connectivity index (χ1) is 13.9. The minimum atomic E-state index is -0.376. The van der Waals surface area contributed by atoms with E-state index in [9.17, 15) is 4.79 Å². The molecule has 1 N–H and O–H groups in total. The predicted molar refractivity (Wildman–Crippen MR) is 119 cm³/mol. The molecule has 0 radical (unpaired) electrons. The summed E-state index contributed by atoms with van der Waals surface area (Å²) in [7, 11) is 1.58. The number of nitrogens with one attached hydrogen (secondary N) is 1. The summed E-state index contributed by atoms with van der Waals surface area (Å²) in [4.78, 5) is 14.9. The molecule has 0 fully saturated rings. The van der Waals surface area contributed by atoms with Gasteiger partial charge in [-0.1, -0.05) is 42.0 Å². The molecule has 0 amide bonds. The first-order valence-electron chi connectivity index (χ1n) is 9.53. The molecule has 2 aromatic carbocycles. The molecule has 29 heavy (non-hydrogen) atoms. The SMILES string of the molecule is COCCOC(=O)C1=C(C)N(c2cccc(C)c2)C(=S)N[C@@H]1c1cccc(C)c1. The van der Waals surface area contributed by atoms with Gasteiger partial charge in [0.15, 0.2) is 5.11 Å². The molecule has 0 unspecified atom stereocenters. The lowest BCUT2D eigenvalue weighted by Gasteiger charge is -2.37. The molecule has 1 heterocycles. The first-order valence-corrected chi connectivity index (χ1v) is 9.94. The molecule has 0 bridgehead atoms. The third-order valence-corrected chi connectivity index (χ3v) is 5.16. The quantitative estimate of drug-likeness (QED) is 0.438. The molecule has 3 rings (SSSR count). The molecule has 2 aromatic rings. The maximum atomic E-state index is 13.1. The van der Waals surface area contributed by atoms with Crippen LogP contribution in [-0.2, 0) is 14.3 Å². The van der Waals surface area contributed by atoms with E-state index in [2.05, 4.69) is 11.4 Å². The summed E-state index contributed by atoms with van der Waals surface area (Å²) in [5.74, 6) is -0.376. The lowest BCUT2D eigenvalue weighted by atomic mass is 9.93. The van der Waals surface area contributed by atoms with E-state index in [0.717, 1.165) is 28.1 Å². The third-order valence-electron chi connectivity index (χ3n) is 4.86. The van der Waals surface area contributed by atoms with E-state index >= 15 is 0 Å². The number of thiocarbonyl (C=S) groups is 1. The highest BCUT2D eigenvalue weighted by Gasteiger charge is 2.35. The fourth-order valence-electron chi connectivity index (χ4n) is 3.48. The van der Waals surface area contributed by atoms with Crippen LogP contribution in [0.15, 0.2) is 59.8 Å². The number of benzene rings is 2. The highest BCUT2D eigenvalue weighted by Crippen LogP contribution is 2.34. The fraction of sp³-hybridized carbons (Fsp3) is 0.304. The first kappa shape index (κ1) is 21.0. The van der Waals surface area contributed by atoms with Crippen LogP contribution in [0.25, 0.3) is 0 Å². The van der Waals surface area contributed by atoms with Crippen LogP contribution in [-0.4, -0.2) is 31.4 Å². The van der Waals surface area contributed by atoms with Gasteiger partial charge in [0.05, 0.1) is 18.2 Å². The number of anilines is 1. The number of allylic oxidation sites excluding steroid dienone is 1. The van der Waals surface area contributed by atoms with E-state index in [4.69, 9.17) is 21.7 Å². The molecule has 0 spiro atoms. The van der Waals surface area contributed by atoms with Crippen LogP contribution in [0.3, 0.4) is 0 Å². The highest BCUT2D eigenvalue weighted by molar-refractivity contribution is 7.80. The van der Waals surface area contributed by atoms with Crippen molar-refractivity contribution in [2.75, 3.05) is 25.2 Å². The average molecular weight is 411 g/mol. The van der Waals surface area contributed by atoms with Crippen LogP contribution in [0.1, 0.15) is 29.7 Å². The zero-order valence-electron chi connectivity index (χ0n) is 17.2. The van der Waals surface area contributed by atoms with Crippen molar-refractivity contribution < 1.29 is 14.3 Å². The minimum Gasteiger partial charge on any atom is -0.460 e. The number of hydrogen-bond donors (Lipinski definition) is 1. The largest absolute Gasteiger partial charge is 0.460 e. The summed E-state index contributed by atoms with van der Waals surface area (Å²) in [6.45, 7) is 6.50. The van der Waals surface area contributed by atoms with Gasteiger partial charge in [0.1, 0.15) is 6.61 Å². The van der Waals surface area contributed by atoms with Crippen LogP contribution in [0.5, 0.6) is 0 Å². The van der Waals surface area contributed by atoms with Gasteiger partial charge in [-0.3, -0.25) is 4.90 Å². The van der Waals surface area contributed by atoms with E-state index in [-0.39, 0.29) is 18.6 Å². The molecule has 5 nitrogen and oxygen atoms in total. The molecular formula is C23H26N2O3S. The lowest BCUT2D eigenvalue weighted by Crippen LogP contribution is -2.48.